The first-order chi connectivity index (χ1) is 7.25. The van der Waals surface area contributed by atoms with Crippen molar-refractivity contribution in [2.45, 2.75) is 44.9 Å². The lowest BCUT2D eigenvalue weighted by atomic mass is 9.88. The molecular weight excluding hydrogens is 188 g/mol. The molecule has 84 valence electrons. The highest BCUT2D eigenvalue weighted by Crippen LogP contribution is 2.45. The van der Waals surface area contributed by atoms with Gasteiger partial charge in [0.15, 0.2) is 0 Å². The van der Waals surface area contributed by atoms with E-state index in [-0.39, 0.29) is 0 Å². The molecule has 15 heavy (non-hydrogen) atoms. The Labute approximate surface area is 91.4 Å². The minimum Gasteiger partial charge on any atom is -0.481 e. The van der Waals surface area contributed by atoms with E-state index in [1.54, 1.807) is 0 Å². The first kappa shape index (κ1) is 10.7. The van der Waals surface area contributed by atoms with Crippen molar-refractivity contribution in [2.24, 2.45) is 17.8 Å². The van der Waals surface area contributed by atoms with Crippen LogP contribution in [0.2, 0.25) is 0 Å². The average Bonchev–Trinajstić information content (AvgIpc) is 2.78. The monoisotopic (exact) mass is 208 g/mol. The molecule has 2 nitrogen and oxygen atoms in total. The van der Waals surface area contributed by atoms with Gasteiger partial charge in [-0.1, -0.05) is 25.0 Å². The Bertz CT molecular complexity index is 257. The van der Waals surface area contributed by atoms with Crippen LogP contribution in [0.15, 0.2) is 12.2 Å². The SMILES string of the molecule is O=C(O)CCCCCC1CC2C=CC1C2. The van der Waals surface area contributed by atoms with Crippen LogP contribution in [0.3, 0.4) is 0 Å². The second-order valence-corrected chi connectivity index (χ2v) is 5.03. The molecule has 3 unspecified atom stereocenters. The summed E-state index contributed by atoms with van der Waals surface area (Å²) in [6.07, 6.45) is 12.4. The van der Waals surface area contributed by atoms with Crippen molar-refractivity contribution < 1.29 is 9.90 Å². The minimum atomic E-state index is -0.655. The summed E-state index contributed by atoms with van der Waals surface area (Å²) in [6.45, 7) is 0. The molecule has 2 rings (SSSR count). The largest absolute Gasteiger partial charge is 0.481 e. The van der Waals surface area contributed by atoms with Gasteiger partial charge in [-0.25, -0.2) is 0 Å². The minimum absolute atomic E-state index is 0.344. The van der Waals surface area contributed by atoms with Crippen molar-refractivity contribution in [2.75, 3.05) is 0 Å². The zero-order chi connectivity index (χ0) is 10.7. The molecule has 0 heterocycles. The third-order valence-electron chi connectivity index (χ3n) is 3.88. The van der Waals surface area contributed by atoms with Gasteiger partial charge in [-0.05, 0) is 43.4 Å². The molecule has 0 aromatic carbocycles. The summed E-state index contributed by atoms with van der Waals surface area (Å²) in [4.78, 5) is 10.3. The van der Waals surface area contributed by atoms with E-state index >= 15 is 0 Å². The molecule has 2 aliphatic rings. The zero-order valence-corrected chi connectivity index (χ0v) is 9.19. The Kier molecular flexibility index (Phi) is 3.45. The second kappa shape index (κ2) is 4.82. The van der Waals surface area contributed by atoms with E-state index in [0.29, 0.717) is 6.42 Å². The number of aliphatic carboxylic acids is 1. The Morgan fingerprint density at radius 1 is 1.20 bits per heavy atom. The van der Waals surface area contributed by atoms with E-state index in [1.165, 1.54) is 25.7 Å². The van der Waals surface area contributed by atoms with Gasteiger partial charge < -0.3 is 5.11 Å². The highest BCUT2D eigenvalue weighted by Gasteiger charge is 2.34. The highest BCUT2D eigenvalue weighted by atomic mass is 16.4. The molecule has 3 atom stereocenters. The van der Waals surface area contributed by atoms with Crippen LogP contribution in [0.5, 0.6) is 0 Å². The maximum Gasteiger partial charge on any atom is 0.303 e. The number of rotatable bonds is 6. The fourth-order valence-corrected chi connectivity index (χ4v) is 3.09. The maximum atomic E-state index is 10.3. The first-order valence-electron chi connectivity index (χ1n) is 6.16. The molecule has 2 heteroatoms. The Balaban J connectivity index is 1.55. The number of carboxylic acids is 1. The zero-order valence-electron chi connectivity index (χ0n) is 9.19. The molecule has 1 fully saturated rings. The van der Waals surface area contributed by atoms with E-state index in [9.17, 15) is 4.79 Å². The van der Waals surface area contributed by atoms with Gasteiger partial charge in [0.1, 0.15) is 0 Å². The fraction of sp³-hybridized carbons (Fsp3) is 0.769. The molecule has 0 aromatic rings. The highest BCUT2D eigenvalue weighted by molar-refractivity contribution is 5.66. The predicted octanol–water partition coefficient (Wildman–Crippen LogP) is 3.23. The molecule has 1 N–H and O–H groups in total. The van der Waals surface area contributed by atoms with Crippen LogP contribution in [0, 0.1) is 17.8 Å². The van der Waals surface area contributed by atoms with E-state index in [4.69, 9.17) is 5.11 Å². The average molecular weight is 208 g/mol. The molecule has 2 aliphatic carbocycles. The van der Waals surface area contributed by atoms with E-state index in [0.717, 1.165) is 30.6 Å². The molecule has 0 saturated heterocycles. The summed E-state index contributed by atoms with van der Waals surface area (Å²) in [5.41, 5.74) is 0. The van der Waals surface area contributed by atoms with Crippen molar-refractivity contribution >= 4 is 5.97 Å². The molecule has 2 bridgehead atoms. The summed E-state index contributed by atoms with van der Waals surface area (Å²) in [7, 11) is 0. The Morgan fingerprint density at radius 3 is 2.67 bits per heavy atom. The predicted molar refractivity (Wildman–Crippen MR) is 59.6 cm³/mol. The number of carboxylic acid groups (broad SMARTS) is 1. The third-order valence-corrected chi connectivity index (χ3v) is 3.88. The normalized spacial score (nSPS) is 32.4. The topological polar surface area (TPSA) is 37.3 Å². The van der Waals surface area contributed by atoms with E-state index < -0.39 is 5.97 Å². The van der Waals surface area contributed by atoms with Gasteiger partial charge in [0.2, 0.25) is 0 Å². The van der Waals surface area contributed by atoms with Crippen LogP contribution in [0.4, 0.5) is 0 Å². The van der Waals surface area contributed by atoms with Gasteiger partial charge >= 0.3 is 5.97 Å². The smallest absolute Gasteiger partial charge is 0.303 e. The number of carbonyl (C=O) groups is 1. The lowest BCUT2D eigenvalue weighted by Crippen LogP contribution is -2.06. The molecule has 0 radical (unpaired) electrons. The number of unbranched alkanes of at least 4 members (excludes halogenated alkanes) is 2. The standard InChI is InChI=1S/C13H20O2/c14-13(15)5-3-1-2-4-11-8-10-6-7-12(11)9-10/h6-7,10-12H,1-5,8-9H2,(H,14,15). The number of fused-ring (bicyclic) bond motifs is 2. The summed E-state index contributed by atoms with van der Waals surface area (Å²) >= 11 is 0. The van der Waals surface area contributed by atoms with Gasteiger partial charge in [-0.3, -0.25) is 4.79 Å². The van der Waals surface area contributed by atoms with Crippen molar-refractivity contribution in [3.8, 4) is 0 Å². The first-order valence-corrected chi connectivity index (χ1v) is 6.16. The summed E-state index contributed by atoms with van der Waals surface area (Å²) in [5.74, 6) is 1.98. The van der Waals surface area contributed by atoms with E-state index in [2.05, 4.69) is 12.2 Å². The second-order valence-electron chi connectivity index (χ2n) is 5.03. The maximum absolute atomic E-state index is 10.3. The number of hydrogen-bond acceptors (Lipinski definition) is 1. The molecular formula is C13H20O2. The van der Waals surface area contributed by atoms with Gasteiger partial charge in [0.25, 0.3) is 0 Å². The van der Waals surface area contributed by atoms with Crippen molar-refractivity contribution in [3.05, 3.63) is 12.2 Å². The summed E-state index contributed by atoms with van der Waals surface area (Å²) < 4.78 is 0. The van der Waals surface area contributed by atoms with Crippen molar-refractivity contribution in [1.82, 2.24) is 0 Å². The van der Waals surface area contributed by atoms with Crippen LogP contribution >= 0.6 is 0 Å². The summed E-state index contributed by atoms with van der Waals surface area (Å²) in [6, 6.07) is 0. The summed E-state index contributed by atoms with van der Waals surface area (Å²) in [5, 5.41) is 8.50. The van der Waals surface area contributed by atoms with Crippen molar-refractivity contribution in [1.29, 1.82) is 0 Å². The van der Waals surface area contributed by atoms with Gasteiger partial charge in [-0.15, -0.1) is 0 Å². The molecule has 0 spiro atoms. The van der Waals surface area contributed by atoms with Gasteiger partial charge in [-0.2, -0.15) is 0 Å². The van der Waals surface area contributed by atoms with Crippen LogP contribution in [0.25, 0.3) is 0 Å². The number of allylic oxidation sites excluding steroid dienone is 2. The quantitative estimate of drug-likeness (QED) is 0.537. The third kappa shape index (κ3) is 2.83. The number of hydrogen-bond donors (Lipinski definition) is 1. The Hall–Kier alpha value is -0.790. The Morgan fingerprint density at radius 2 is 2.07 bits per heavy atom. The van der Waals surface area contributed by atoms with Crippen LogP contribution in [-0.4, -0.2) is 11.1 Å². The van der Waals surface area contributed by atoms with Gasteiger partial charge in [0, 0.05) is 6.42 Å². The molecule has 0 aromatic heterocycles. The van der Waals surface area contributed by atoms with Crippen LogP contribution in [0.1, 0.15) is 44.9 Å². The fourth-order valence-electron chi connectivity index (χ4n) is 3.09. The van der Waals surface area contributed by atoms with E-state index in [1.807, 2.05) is 0 Å². The van der Waals surface area contributed by atoms with Gasteiger partial charge in [0.05, 0.1) is 0 Å². The molecule has 0 amide bonds. The van der Waals surface area contributed by atoms with Crippen molar-refractivity contribution in [3.63, 3.8) is 0 Å². The molecule has 1 saturated carbocycles. The molecule has 0 aliphatic heterocycles. The van der Waals surface area contributed by atoms with Crippen LogP contribution < -0.4 is 0 Å². The van der Waals surface area contributed by atoms with Crippen LogP contribution in [-0.2, 0) is 4.79 Å². The lowest BCUT2D eigenvalue weighted by molar-refractivity contribution is -0.137. The lowest BCUT2D eigenvalue weighted by Gasteiger charge is -2.17.